The molecule has 10 rings (SSSR count). The van der Waals surface area contributed by atoms with Crippen LogP contribution in [0.5, 0.6) is 0 Å². The van der Waals surface area contributed by atoms with Crippen LogP contribution in [0, 0.1) is 0 Å². The van der Waals surface area contributed by atoms with Crippen molar-refractivity contribution < 1.29 is 0 Å². The van der Waals surface area contributed by atoms with Crippen LogP contribution in [0.3, 0.4) is 0 Å². The second-order valence-corrected chi connectivity index (χ2v) is 13.4. The van der Waals surface area contributed by atoms with Gasteiger partial charge in [0.2, 0.25) is 0 Å². The van der Waals surface area contributed by atoms with Gasteiger partial charge in [0.15, 0.2) is 0 Å². The molecule has 0 spiro atoms. The van der Waals surface area contributed by atoms with Gasteiger partial charge in [-0.1, -0.05) is 121 Å². The van der Waals surface area contributed by atoms with E-state index in [2.05, 4.69) is 162 Å². The fourth-order valence-corrected chi connectivity index (χ4v) is 8.15. The van der Waals surface area contributed by atoms with Gasteiger partial charge in [0.1, 0.15) is 5.82 Å². The molecule has 0 amide bonds. The zero-order valence-electron chi connectivity index (χ0n) is 27.2. The maximum atomic E-state index is 5.34. The minimum atomic E-state index is 0.955. The van der Waals surface area contributed by atoms with Crippen LogP contribution in [-0.2, 0) is 12.8 Å². The molecule has 2 heteroatoms. The van der Waals surface area contributed by atoms with Crippen LogP contribution < -0.4 is 0 Å². The van der Waals surface area contributed by atoms with Crippen LogP contribution in [0.15, 0.2) is 146 Å². The van der Waals surface area contributed by atoms with Crippen molar-refractivity contribution in [1.29, 1.82) is 0 Å². The minimum absolute atomic E-state index is 0.955. The molecule has 0 N–H and O–H groups in total. The number of allylic oxidation sites excluding steroid dienone is 2. The number of imidazole rings is 1. The number of aryl methyl sites for hydroxylation is 2. The average molecular weight is 627 g/mol. The quantitative estimate of drug-likeness (QED) is 0.178. The maximum absolute atomic E-state index is 5.34. The Hall–Kier alpha value is -5.99. The van der Waals surface area contributed by atoms with E-state index in [4.69, 9.17) is 4.98 Å². The maximum Gasteiger partial charge on any atom is 0.145 e. The number of aromatic nitrogens is 2. The molecule has 1 heterocycles. The van der Waals surface area contributed by atoms with Gasteiger partial charge >= 0.3 is 0 Å². The van der Waals surface area contributed by atoms with Gasteiger partial charge in [0.25, 0.3) is 0 Å². The van der Waals surface area contributed by atoms with E-state index < -0.39 is 0 Å². The fraction of sp³-hybridized carbons (Fsp3) is 0.0851. The smallest absolute Gasteiger partial charge is 0.145 e. The molecule has 49 heavy (non-hydrogen) atoms. The van der Waals surface area contributed by atoms with E-state index >= 15 is 0 Å². The molecule has 232 valence electrons. The van der Waals surface area contributed by atoms with E-state index in [0.717, 1.165) is 42.8 Å². The van der Waals surface area contributed by atoms with E-state index in [0.29, 0.717) is 0 Å². The van der Waals surface area contributed by atoms with Crippen molar-refractivity contribution >= 4 is 44.5 Å². The molecule has 8 aromatic rings. The third kappa shape index (κ3) is 4.59. The van der Waals surface area contributed by atoms with Gasteiger partial charge in [0, 0.05) is 11.3 Å². The molecular weight excluding hydrogens is 593 g/mol. The number of rotatable bonds is 4. The Labute approximate surface area is 286 Å². The summed E-state index contributed by atoms with van der Waals surface area (Å²) < 4.78 is 2.35. The zero-order chi connectivity index (χ0) is 32.3. The molecule has 0 saturated heterocycles. The molecule has 2 nitrogen and oxygen atoms in total. The summed E-state index contributed by atoms with van der Waals surface area (Å²) in [5.74, 6) is 0.990. The van der Waals surface area contributed by atoms with Crippen molar-refractivity contribution in [2.24, 2.45) is 0 Å². The monoisotopic (exact) mass is 626 g/mol. The molecule has 2 aliphatic rings. The number of hydrogen-bond donors (Lipinski definition) is 0. The van der Waals surface area contributed by atoms with Gasteiger partial charge in [-0.15, -0.1) is 0 Å². The highest BCUT2D eigenvalue weighted by molar-refractivity contribution is 6.22. The van der Waals surface area contributed by atoms with Gasteiger partial charge < -0.3 is 0 Å². The lowest BCUT2D eigenvalue weighted by atomic mass is 9.84. The summed E-state index contributed by atoms with van der Waals surface area (Å²) in [7, 11) is 0. The minimum Gasteiger partial charge on any atom is -0.293 e. The molecule has 0 atom stereocenters. The number of benzene rings is 7. The van der Waals surface area contributed by atoms with Crippen LogP contribution in [0.25, 0.3) is 83.8 Å². The number of hydrogen-bond acceptors (Lipinski definition) is 1. The highest BCUT2D eigenvalue weighted by atomic mass is 15.1. The van der Waals surface area contributed by atoms with E-state index in [1.165, 1.54) is 77.1 Å². The SMILES string of the molecule is C1=Cc2cc(-c3c4ccccc4c(-c4ccc5ccccc5c4)c4ccc(-c5nc6c(n5-c5ccccc5)C=CCC6)cc34)ccc2CC1. The van der Waals surface area contributed by atoms with E-state index in [9.17, 15) is 0 Å². The lowest BCUT2D eigenvalue weighted by Crippen LogP contribution is -2.02. The van der Waals surface area contributed by atoms with Gasteiger partial charge in [-0.2, -0.15) is 0 Å². The third-order valence-electron chi connectivity index (χ3n) is 10.5. The van der Waals surface area contributed by atoms with Crippen LogP contribution in [-0.4, -0.2) is 9.55 Å². The summed E-state index contributed by atoms with van der Waals surface area (Å²) >= 11 is 0. The molecular formula is C47H34N2. The van der Waals surface area contributed by atoms with E-state index in [1.807, 2.05) is 0 Å². The molecule has 1 aromatic heterocycles. The first kappa shape index (κ1) is 28.1. The third-order valence-corrected chi connectivity index (χ3v) is 10.5. The number of fused-ring (bicyclic) bond motifs is 5. The van der Waals surface area contributed by atoms with Crippen LogP contribution in [0.4, 0.5) is 0 Å². The summed E-state index contributed by atoms with van der Waals surface area (Å²) in [6, 6.07) is 49.4. The first-order valence-corrected chi connectivity index (χ1v) is 17.4. The van der Waals surface area contributed by atoms with Gasteiger partial charge in [-0.25, -0.2) is 4.98 Å². The molecule has 2 aliphatic carbocycles. The summed E-state index contributed by atoms with van der Waals surface area (Å²) in [5.41, 5.74) is 12.4. The Morgan fingerprint density at radius 2 is 1.16 bits per heavy atom. The van der Waals surface area contributed by atoms with Crippen molar-refractivity contribution in [1.82, 2.24) is 9.55 Å². The normalized spacial score (nSPS) is 13.6. The molecule has 0 bridgehead atoms. The number of nitrogens with zero attached hydrogens (tertiary/aromatic N) is 2. The Morgan fingerprint density at radius 1 is 0.490 bits per heavy atom. The number of para-hydroxylation sites is 1. The molecule has 0 unspecified atom stereocenters. The highest BCUT2D eigenvalue weighted by Gasteiger charge is 2.23. The molecule has 0 fully saturated rings. The molecule has 0 radical (unpaired) electrons. The van der Waals surface area contributed by atoms with E-state index in [1.54, 1.807) is 0 Å². The topological polar surface area (TPSA) is 17.8 Å². The Bertz CT molecular complexity index is 2650. The standard InChI is InChI=1S/C47H34N2/c1-2-16-38(17-3-1)49-44-21-11-10-20-43(44)48-47(49)37-26-27-41-42(30-37)46(36-25-23-32-13-5-7-15-34(32)29-36)40-19-9-8-18-39(40)45(41)35-24-22-31-12-4-6-14-33(31)28-35/h1-4,6-9,11-12,14-19,21-30H,5,10,13,20H2. The van der Waals surface area contributed by atoms with Gasteiger partial charge in [-0.3, -0.25) is 4.57 Å². The predicted molar refractivity (Wildman–Crippen MR) is 207 cm³/mol. The van der Waals surface area contributed by atoms with Crippen molar-refractivity contribution in [3.05, 3.63) is 168 Å². The van der Waals surface area contributed by atoms with Crippen molar-refractivity contribution in [3.63, 3.8) is 0 Å². The summed E-state index contributed by atoms with van der Waals surface area (Å²) in [4.78, 5) is 5.34. The first-order chi connectivity index (χ1) is 24.3. The average Bonchev–Trinajstić information content (AvgIpc) is 3.56. The summed E-state index contributed by atoms with van der Waals surface area (Å²) in [6.07, 6.45) is 13.3. The van der Waals surface area contributed by atoms with Gasteiger partial charge in [0.05, 0.1) is 11.4 Å². The summed E-state index contributed by atoms with van der Waals surface area (Å²) in [5, 5.41) is 7.55. The van der Waals surface area contributed by atoms with Crippen molar-refractivity contribution in [3.8, 4) is 39.3 Å². The van der Waals surface area contributed by atoms with Gasteiger partial charge in [-0.05, 0) is 128 Å². The van der Waals surface area contributed by atoms with Crippen LogP contribution >= 0.6 is 0 Å². The van der Waals surface area contributed by atoms with Crippen LogP contribution in [0.2, 0.25) is 0 Å². The molecule has 0 aliphatic heterocycles. The van der Waals surface area contributed by atoms with Crippen molar-refractivity contribution in [2.75, 3.05) is 0 Å². The lowest BCUT2D eigenvalue weighted by Gasteiger charge is -2.20. The highest BCUT2D eigenvalue weighted by Crippen LogP contribution is 2.46. The predicted octanol–water partition coefficient (Wildman–Crippen LogP) is 12.3. The zero-order valence-corrected chi connectivity index (χ0v) is 27.2. The first-order valence-electron chi connectivity index (χ1n) is 17.4. The second-order valence-electron chi connectivity index (χ2n) is 13.4. The fourth-order valence-electron chi connectivity index (χ4n) is 8.15. The largest absolute Gasteiger partial charge is 0.293 e. The summed E-state index contributed by atoms with van der Waals surface area (Å²) in [6.45, 7) is 0. The lowest BCUT2D eigenvalue weighted by molar-refractivity contribution is 0.936. The van der Waals surface area contributed by atoms with Crippen LogP contribution in [0.1, 0.15) is 35.4 Å². The Balaban J connectivity index is 1.31. The van der Waals surface area contributed by atoms with Crippen molar-refractivity contribution in [2.45, 2.75) is 25.7 Å². The molecule has 0 saturated carbocycles. The Kier molecular flexibility index (Phi) is 6.48. The molecule has 7 aromatic carbocycles. The van der Waals surface area contributed by atoms with E-state index in [-0.39, 0.29) is 0 Å². The second kappa shape index (κ2) is 11.3. The Morgan fingerprint density at radius 3 is 2.04 bits per heavy atom.